The van der Waals surface area contributed by atoms with Crippen molar-refractivity contribution in [2.45, 2.75) is 122 Å². The number of aromatic nitrogens is 4. The summed E-state index contributed by atoms with van der Waals surface area (Å²) < 4.78 is 85.1. The van der Waals surface area contributed by atoms with Crippen molar-refractivity contribution in [3.8, 4) is 22.3 Å². The summed E-state index contributed by atoms with van der Waals surface area (Å²) in [6.07, 6.45) is -7.19. The van der Waals surface area contributed by atoms with E-state index in [1.54, 1.807) is 37.5 Å². The molecular formula is C55H60F6N8O6. The van der Waals surface area contributed by atoms with Crippen LogP contribution in [0.25, 0.3) is 44.3 Å². The highest BCUT2D eigenvalue weighted by Crippen LogP contribution is 2.39. The number of imidazole rings is 2. The van der Waals surface area contributed by atoms with Gasteiger partial charge < -0.3 is 39.9 Å². The Balaban J connectivity index is 0.920. The standard InChI is InChI=1S/C55H60F6N8O6/c1-29(2)46(66-52(72)74-27-54(56,57)58)50(70)68-20-6-8-44(68)48-62-40-18-16-36(25-42(40)64-48)38-23-32-10-12-33-14-15-34(31(5)22-35(38)13-11-32)24-39(33)37-17-19-41-43(26-37)65-49(63-41)45-9-7-21-69(45)51(71)47(30(3)4)67-53(73)75-28-55(59,60)61/h11,13-19,23-26,29-31,44-47H,6-10,12,20-22,27-28H2,1-5H3,(H,62,64)(H,63,65)(H,66,72)(H,67,73)/t31-,44+,45+,46+,47+/m1/s1. The topological polar surface area (TPSA) is 175 Å². The summed E-state index contributed by atoms with van der Waals surface area (Å²) >= 11 is 0. The summed E-state index contributed by atoms with van der Waals surface area (Å²) in [6.45, 7) is 6.30. The van der Waals surface area contributed by atoms with Gasteiger partial charge in [0.2, 0.25) is 11.8 Å². The van der Waals surface area contributed by atoms with Crippen LogP contribution >= 0.6 is 0 Å². The van der Waals surface area contributed by atoms with Crippen molar-refractivity contribution >= 4 is 46.1 Å². The zero-order valence-corrected chi connectivity index (χ0v) is 42.3. The van der Waals surface area contributed by atoms with Gasteiger partial charge in [0.1, 0.15) is 23.7 Å². The van der Waals surface area contributed by atoms with Gasteiger partial charge in [-0.2, -0.15) is 26.3 Å². The highest BCUT2D eigenvalue weighted by atomic mass is 19.4. The second-order valence-corrected chi connectivity index (χ2v) is 20.7. The predicted molar refractivity (Wildman–Crippen MR) is 268 cm³/mol. The third-order valence-electron chi connectivity index (χ3n) is 14.6. The number of rotatable bonds is 12. The van der Waals surface area contributed by atoms with Crippen LogP contribution in [0.5, 0.6) is 0 Å². The Labute approximate surface area is 429 Å². The zero-order valence-electron chi connectivity index (χ0n) is 42.3. The molecule has 0 spiro atoms. The monoisotopic (exact) mass is 1040 g/mol. The van der Waals surface area contributed by atoms with Crippen LogP contribution in [0.4, 0.5) is 35.9 Å². The van der Waals surface area contributed by atoms with Gasteiger partial charge in [-0.15, -0.1) is 0 Å². The summed E-state index contributed by atoms with van der Waals surface area (Å²) in [4.78, 5) is 72.5. The van der Waals surface area contributed by atoms with Gasteiger partial charge in [0.05, 0.1) is 34.2 Å². The lowest BCUT2D eigenvalue weighted by molar-refractivity contribution is -0.161. The van der Waals surface area contributed by atoms with Crippen molar-refractivity contribution in [2.24, 2.45) is 11.8 Å². The fourth-order valence-electron chi connectivity index (χ4n) is 10.7. The molecule has 6 aromatic rings. The molecule has 2 aromatic heterocycles. The number of amides is 4. The van der Waals surface area contributed by atoms with Crippen molar-refractivity contribution < 1.29 is 55.0 Å². The molecule has 4 aliphatic carbocycles. The fourth-order valence-corrected chi connectivity index (χ4v) is 10.7. The van der Waals surface area contributed by atoms with E-state index in [1.165, 1.54) is 16.7 Å². The number of fused-ring (bicyclic) bond motifs is 2. The molecule has 0 saturated carbocycles. The molecule has 14 nitrogen and oxygen atoms in total. The molecule has 0 unspecified atom stereocenters. The number of aryl methyl sites for hydroxylation is 2. The molecule has 4 N–H and O–H groups in total. The number of alkyl carbamates (subject to hydrolysis) is 2. The molecule has 12 rings (SSSR count). The largest absolute Gasteiger partial charge is 0.440 e. The van der Waals surface area contributed by atoms with Crippen LogP contribution in [-0.4, -0.2) is 104 Å². The smallest absolute Gasteiger partial charge is 0.422 e. The van der Waals surface area contributed by atoms with E-state index in [0.717, 1.165) is 69.1 Å². The second kappa shape index (κ2) is 21.2. The number of alkyl halides is 6. The molecule has 6 aliphatic rings. The Hall–Kier alpha value is -7.12. The summed E-state index contributed by atoms with van der Waals surface area (Å²) in [5, 5.41) is 4.70. The lowest BCUT2D eigenvalue weighted by Crippen LogP contribution is -2.51. The number of nitrogens with one attached hydrogen (secondary N) is 4. The average molecular weight is 1040 g/mol. The zero-order chi connectivity index (χ0) is 53.5. The van der Waals surface area contributed by atoms with Crippen molar-refractivity contribution in [1.82, 2.24) is 40.4 Å². The van der Waals surface area contributed by atoms with Crippen molar-refractivity contribution in [2.75, 3.05) is 26.3 Å². The first-order chi connectivity index (χ1) is 35.6. The number of halogens is 6. The first kappa shape index (κ1) is 52.7. The Morgan fingerprint density at radius 2 is 1.12 bits per heavy atom. The SMILES string of the molecule is CC(C)[C@H](NC(=O)OCC(F)(F)F)C(=O)N1CCC[C@H]1c1nc2cc(-c3cc4ccc3CCc3ccc(c(-c5ccc6[nH]c([C@@H]7CCCN7C(=O)[C@@H](NC(=O)OCC(F)(F)F)C(C)C)nc6c5)c3)C[C@H]4C)ccc2[nH]1. The number of likely N-dealkylation sites (tertiary alicyclic amines) is 2. The maximum Gasteiger partial charge on any atom is 0.422 e. The number of carbonyl (C=O) groups excluding carboxylic acids is 4. The van der Waals surface area contributed by atoms with Gasteiger partial charge >= 0.3 is 24.5 Å². The van der Waals surface area contributed by atoms with Crippen LogP contribution < -0.4 is 10.6 Å². The summed E-state index contributed by atoms with van der Waals surface area (Å²) in [7, 11) is 0. The molecule has 2 aliphatic heterocycles. The summed E-state index contributed by atoms with van der Waals surface area (Å²) in [5.41, 5.74) is 11.9. The highest BCUT2D eigenvalue weighted by molar-refractivity contribution is 5.89. The van der Waals surface area contributed by atoms with Crippen molar-refractivity contribution in [1.29, 1.82) is 0 Å². The molecule has 4 amide bonds. The van der Waals surface area contributed by atoms with E-state index in [0.29, 0.717) is 50.4 Å². The number of H-pyrrole nitrogens is 2. The fraction of sp³-hybridized carbons (Fsp3) is 0.455. The van der Waals surface area contributed by atoms with Gasteiger partial charge in [-0.05, 0) is 131 Å². The summed E-state index contributed by atoms with van der Waals surface area (Å²) in [5.74, 6) is -0.408. The molecule has 398 valence electrons. The number of carbonyl (C=O) groups is 4. The van der Waals surface area contributed by atoms with Crippen molar-refractivity contribution in [3.05, 3.63) is 107 Å². The van der Waals surface area contributed by atoms with Crippen LogP contribution in [-0.2, 0) is 38.3 Å². The van der Waals surface area contributed by atoms with E-state index in [4.69, 9.17) is 9.97 Å². The number of hydrogen-bond acceptors (Lipinski definition) is 8. The normalized spacial score (nSPS) is 18.9. The number of hydrogen-bond donors (Lipinski definition) is 4. The van der Waals surface area contributed by atoms with E-state index in [2.05, 4.69) is 97.7 Å². The first-order valence-electron chi connectivity index (χ1n) is 25.4. The number of benzene rings is 4. The Bertz CT molecular complexity index is 3110. The molecule has 4 bridgehead atoms. The first-order valence-corrected chi connectivity index (χ1v) is 25.4. The molecule has 0 radical (unpaired) electrons. The lowest BCUT2D eigenvalue weighted by Gasteiger charge is -2.30. The second-order valence-electron chi connectivity index (χ2n) is 20.7. The lowest BCUT2D eigenvalue weighted by atomic mass is 9.84. The van der Waals surface area contributed by atoms with Crippen LogP contribution in [0.1, 0.15) is 112 Å². The van der Waals surface area contributed by atoms with Gasteiger partial charge in [-0.1, -0.05) is 83.1 Å². The third kappa shape index (κ3) is 11.9. The average Bonchev–Trinajstić information content (AvgIpc) is 4.20. The predicted octanol–water partition coefficient (Wildman–Crippen LogP) is 11.2. The Morgan fingerprint density at radius 3 is 1.60 bits per heavy atom. The van der Waals surface area contributed by atoms with Gasteiger partial charge in [-0.25, -0.2) is 19.6 Å². The Kier molecular flexibility index (Phi) is 14.9. The minimum absolute atomic E-state index is 0.117. The number of ether oxygens (including phenoxy) is 2. The highest BCUT2D eigenvalue weighted by Gasteiger charge is 2.40. The molecule has 4 aromatic carbocycles. The van der Waals surface area contributed by atoms with Crippen LogP contribution in [0.15, 0.2) is 72.8 Å². The number of nitrogens with zero attached hydrogens (tertiary/aromatic N) is 4. The van der Waals surface area contributed by atoms with Gasteiger partial charge in [0.15, 0.2) is 13.2 Å². The third-order valence-corrected chi connectivity index (χ3v) is 14.6. The van der Waals surface area contributed by atoms with E-state index in [9.17, 15) is 45.5 Å². The molecule has 2 fully saturated rings. The molecular weight excluding hydrogens is 983 g/mol. The molecule has 2 saturated heterocycles. The maximum atomic E-state index is 13.9. The minimum Gasteiger partial charge on any atom is -0.440 e. The van der Waals surface area contributed by atoms with E-state index >= 15 is 0 Å². The van der Waals surface area contributed by atoms with Gasteiger partial charge in [0, 0.05) is 13.1 Å². The minimum atomic E-state index is -4.70. The molecule has 20 heteroatoms. The van der Waals surface area contributed by atoms with Crippen LogP contribution in [0.2, 0.25) is 0 Å². The quantitative estimate of drug-likeness (QED) is 0.0876. The van der Waals surface area contributed by atoms with Crippen LogP contribution in [0, 0.1) is 11.8 Å². The van der Waals surface area contributed by atoms with Gasteiger partial charge in [0.25, 0.3) is 0 Å². The molecule has 4 heterocycles. The van der Waals surface area contributed by atoms with Crippen LogP contribution in [0.3, 0.4) is 0 Å². The van der Waals surface area contributed by atoms with E-state index in [1.807, 2.05) is 12.1 Å². The Morgan fingerprint density at radius 1 is 0.640 bits per heavy atom. The maximum absolute atomic E-state index is 13.9. The van der Waals surface area contributed by atoms with E-state index in [-0.39, 0.29) is 5.92 Å². The summed E-state index contributed by atoms with van der Waals surface area (Å²) in [6, 6.07) is 22.5. The molecule has 75 heavy (non-hydrogen) atoms. The molecule has 5 atom stereocenters. The van der Waals surface area contributed by atoms with Gasteiger partial charge in [-0.3, -0.25) is 9.59 Å². The van der Waals surface area contributed by atoms with E-state index < -0.39 is 85.6 Å². The van der Waals surface area contributed by atoms with Crippen molar-refractivity contribution in [3.63, 3.8) is 0 Å². The number of aromatic amines is 2.